The van der Waals surface area contributed by atoms with Crippen molar-refractivity contribution in [2.24, 2.45) is 4.99 Å². The molecule has 1 aromatic heterocycles. The van der Waals surface area contributed by atoms with Gasteiger partial charge in [0, 0.05) is 28.9 Å². The average molecular weight is 414 g/mol. The van der Waals surface area contributed by atoms with E-state index in [-0.39, 0.29) is 5.41 Å². The molecule has 0 saturated carbocycles. The Morgan fingerprint density at radius 3 is 2.39 bits per heavy atom. The maximum absolute atomic E-state index is 4.91. The normalized spacial score (nSPS) is 13.6. The molecule has 0 radical (unpaired) electrons. The van der Waals surface area contributed by atoms with Gasteiger partial charge in [0.2, 0.25) is 0 Å². The molecule has 4 rings (SSSR count). The van der Waals surface area contributed by atoms with Crippen molar-refractivity contribution in [3.05, 3.63) is 77.7 Å². The minimum absolute atomic E-state index is 0.0992. The molecular weight excluding hydrogens is 382 g/mol. The molecule has 31 heavy (non-hydrogen) atoms. The van der Waals surface area contributed by atoms with Gasteiger partial charge in [-0.15, -0.1) is 0 Å². The lowest BCUT2D eigenvalue weighted by molar-refractivity contribution is 0.541. The molecule has 1 aliphatic rings. The van der Waals surface area contributed by atoms with E-state index in [4.69, 9.17) is 9.97 Å². The Balaban J connectivity index is 1.52. The second-order valence-electron chi connectivity index (χ2n) is 9.02. The largest absolute Gasteiger partial charge is 0.354 e. The number of aryl methyl sites for hydroxylation is 2. The molecule has 2 N–H and O–H groups in total. The molecule has 2 aromatic carbocycles. The van der Waals surface area contributed by atoms with Gasteiger partial charge < -0.3 is 10.6 Å². The Kier molecular flexibility index (Phi) is 6.31. The number of guanidine groups is 1. The Morgan fingerprint density at radius 1 is 0.935 bits per heavy atom. The van der Waals surface area contributed by atoms with Crippen molar-refractivity contribution in [2.45, 2.75) is 45.4 Å². The van der Waals surface area contributed by atoms with E-state index in [1.165, 1.54) is 5.56 Å². The van der Waals surface area contributed by atoms with Crippen molar-refractivity contribution >= 4 is 11.6 Å². The maximum Gasteiger partial charge on any atom is 0.195 e. The van der Waals surface area contributed by atoms with E-state index in [0.717, 1.165) is 66.8 Å². The summed E-state index contributed by atoms with van der Waals surface area (Å²) in [5.41, 5.74) is 5.49. The van der Waals surface area contributed by atoms with Crippen LogP contribution in [0, 0.1) is 0 Å². The number of anilines is 1. The summed E-state index contributed by atoms with van der Waals surface area (Å²) in [7, 11) is 0. The summed E-state index contributed by atoms with van der Waals surface area (Å²) in [6.45, 7) is 8.22. The molecular formula is C26H31N5. The van der Waals surface area contributed by atoms with Gasteiger partial charge in [0.05, 0.1) is 12.2 Å². The highest BCUT2D eigenvalue weighted by Crippen LogP contribution is 2.25. The molecule has 0 spiro atoms. The Morgan fingerprint density at radius 2 is 1.71 bits per heavy atom. The van der Waals surface area contributed by atoms with Crippen LogP contribution in [-0.2, 0) is 18.3 Å². The maximum atomic E-state index is 4.91. The van der Waals surface area contributed by atoms with E-state index in [2.05, 4.69) is 97.1 Å². The smallest absolute Gasteiger partial charge is 0.195 e. The zero-order chi connectivity index (χ0) is 21.7. The summed E-state index contributed by atoms with van der Waals surface area (Å²) < 4.78 is 0. The van der Waals surface area contributed by atoms with E-state index in [9.17, 15) is 0 Å². The average Bonchev–Trinajstić information content (AvgIpc) is 3.27. The summed E-state index contributed by atoms with van der Waals surface area (Å²) in [5, 5.41) is 6.55. The summed E-state index contributed by atoms with van der Waals surface area (Å²) >= 11 is 0. The summed E-state index contributed by atoms with van der Waals surface area (Å²) in [5.74, 6) is 1.73. The van der Waals surface area contributed by atoms with Crippen molar-refractivity contribution in [3.63, 3.8) is 0 Å². The number of aliphatic imine (C=N–C) groups is 1. The van der Waals surface area contributed by atoms with Crippen molar-refractivity contribution in [3.8, 4) is 11.3 Å². The Labute approximate surface area is 185 Å². The zero-order valence-corrected chi connectivity index (χ0v) is 18.7. The number of aromatic nitrogens is 2. The monoisotopic (exact) mass is 413 g/mol. The van der Waals surface area contributed by atoms with Crippen molar-refractivity contribution in [1.29, 1.82) is 0 Å². The van der Waals surface area contributed by atoms with Gasteiger partial charge in [0.15, 0.2) is 5.96 Å². The third-order valence-corrected chi connectivity index (χ3v) is 5.31. The van der Waals surface area contributed by atoms with Crippen LogP contribution in [0.2, 0.25) is 0 Å². The second kappa shape index (κ2) is 9.29. The molecule has 2 heterocycles. The number of benzene rings is 2. The second-order valence-corrected chi connectivity index (χ2v) is 9.02. The third-order valence-electron chi connectivity index (χ3n) is 5.31. The molecule has 0 fully saturated rings. The van der Waals surface area contributed by atoms with Crippen molar-refractivity contribution in [1.82, 2.24) is 15.3 Å². The Bertz CT molecular complexity index is 1030. The number of nitrogens with one attached hydrogen (secondary N) is 2. The first-order valence-corrected chi connectivity index (χ1v) is 11.1. The summed E-state index contributed by atoms with van der Waals surface area (Å²) in [6, 6.07) is 21.2. The van der Waals surface area contributed by atoms with Crippen LogP contribution in [0.4, 0.5) is 5.69 Å². The number of rotatable bonds is 6. The first-order valence-electron chi connectivity index (χ1n) is 11.1. The SMILES string of the molecule is CC(C)(C)c1nc(CCCc2ccccc2)cc(-c2ccc(NC3=NCCN3)cc2)n1. The molecule has 3 aromatic rings. The van der Waals surface area contributed by atoms with Gasteiger partial charge >= 0.3 is 0 Å². The molecule has 0 unspecified atom stereocenters. The molecule has 160 valence electrons. The van der Waals surface area contributed by atoms with Gasteiger partial charge in [-0.2, -0.15) is 0 Å². The fraction of sp³-hybridized carbons (Fsp3) is 0.346. The zero-order valence-electron chi connectivity index (χ0n) is 18.7. The van der Waals surface area contributed by atoms with Gasteiger partial charge in [-0.1, -0.05) is 63.2 Å². The van der Waals surface area contributed by atoms with Crippen LogP contribution in [-0.4, -0.2) is 29.0 Å². The predicted octanol–water partition coefficient (Wildman–Crippen LogP) is 4.99. The first kappa shape index (κ1) is 21.0. The van der Waals surface area contributed by atoms with Crippen LogP contribution in [0.25, 0.3) is 11.3 Å². The van der Waals surface area contributed by atoms with Gasteiger partial charge in [-0.3, -0.25) is 4.99 Å². The molecule has 1 aliphatic heterocycles. The summed E-state index contributed by atoms with van der Waals surface area (Å²) in [6.07, 6.45) is 3.07. The number of hydrogen-bond acceptors (Lipinski definition) is 5. The third kappa shape index (κ3) is 5.69. The van der Waals surface area contributed by atoms with E-state index < -0.39 is 0 Å². The Hall–Kier alpha value is -3.21. The molecule has 0 saturated heterocycles. The lowest BCUT2D eigenvalue weighted by Gasteiger charge is -2.19. The van der Waals surface area contributed by atoms with Crippen LogP contribution in [0.5, 0.6) is 0 Å². The highest BCUT2D eigenvalue weighted by molar-refractivity contribution is 5.94. The van der Waals surface area contributed by atoms with Crippen molar-refractivity contribution in [2.75, 3.05) is 18.4 Å². The lowest BCUT2D eigenvalue weighted by atomic mass is 9.94. The van der Waals surface area contributed by atoms with E-state index >= 15 is 0 Å². The first-order chi connectivity index (χ1) is 15.0. The van der Waals surface area contributed by atoms with E-state index in [1.807, 2.05) is 0 Å². The van der Waals surface area contributed by atoms with E-state index in [1.54, 1.807) is 0 Å². The lowest BCUT2D eigenvalue weighted by Crippen LogP contribution is -2.26. The fourth-order valence-corrected chi connectivity index (χ4v) is 3.57. The van der Waals surface area contributed by atoms with Gasteiger partial charge in [-0.05, 0) is 43.0 Å². The standard InChI is InChI=1S/C26H31N5/c1-26(2,3)24-29-22(11-7-10-19-8-5-4-6-9-19)18-23(31-24)20-12-14-21(15-13-20)30-25-27-16-17-28-25/h4-6,8-9,12-15,18H,7,10-11,16-17H2,1-3H3,(H2,27,28,30). The minimum Gasteiger partial charge on any atom is -0.354 e. The van der Waals surface area contributed by atoms with Gasteiger partial charge in [0.1, 0.15) is 5.82 Å². The molecule has 0 atom stereocenters. The molecule has 0 amide bonds. The van der Waals surface area contributed by atoms with Gasteiger partial charge in [0.25, 0.3) is 0 Å². The molecule has 5 nitrogen and oxygen atoms in total. The molecule has 0 aliphatic carbocycles. The quantitative estimate of drug-likeness (QED) is 0.598. The number of nitrogens with zero attached hydrogens (tertiary/aromatic N) is 3. The predicted molar refractivity (Wildman–Crippen MR) is 129 cm³/mol. The van der Waals surface area contributed by atoms with Crippen LogP contribution in [0.1, 0.15) is 44.3 Å². The van der Waals surface area contributed by atoms with Crippen LogP contribution >= 0.6 is 0 Å². The molecule has 0 bridgehead atoms. The van der Waals surface area contributed by atoms with Crippen LogP contribution in [0.15, 0.2) is 65.7 Å². The van der Waals surface area contributed by atoms with Crippen LogP contribution in [0.3, 0.4) is 0 Å². The van der Waals surface area contributed by atoms with Crippen molar-refractivity contribution < 1.29 is 0 Å². The highest BCUT2D eigenvalue weighted by Gasteiger charge is 2.19. The number of hydrogen-bond donors (Lipinski definition) is 2. The van der Waals surface area contributed by atoms with Crippen LogP contribution < -0.4 is 10.6 Å². The summed E-state index contributed by atoms with van der Waals surface area (Å²) in [4.78, 5) is 14.2. The highest BCUT2D eigenvalue weighted by atomic mass is 15.2. The minimum atomic E-state index is -0.0992. The van der Waals surface area contributed by atoms with Gasteiger partial charge in [-0.25, -0.2) is 9.97 Å². The van der Waals surface area contributed by atoms with E-state index in [0.29, 0.717) is 0 Å². The molecule has 5 heteroatoms. The topological polar surface area (TPSA) is 62.2 Å². The fourth-order valence-electron chi connectivity index (χ4n) is 3.57.